The fourth-order valence-corrected chi connectivity index (χ4v) is 3.87. The Morgan fingerprint density at radius 2 is 2.12 bits per heavy atom. The van der Waals surface area contributed by atoms with Crippen LogP contribution >= 0.6 is 0 Å². The number of methoxy groups -OCH3 is 2. The zero-order valence-corrected chi connectivity index (χ0v) is 14.5. The topological polar surface area (TPSA) is 92.6 Å². The summed E-state index contributed by atoms with van der Waals surface area (Å²) < 4.78 is 22.2. The molecule has 2 aliphatic rings. The van der Waals surface area contributed by atoms with E-state index in [1.165, 1.54) is 0 Å². The standard InChI is InChI=1S/C18H23N3O4/c1-22-12-3-4-14(15(7-12)23-2)16-20-17(25-21-16)11-8-18(9-11)6-5-13(10-19)24-18/h3-4,7,11,13H,5-6,8-10,19H2,1-2H3. The number of benzene rings is 1. The van der Waals surface area contributed by atoms with E-state index < -0.39 is 0 Å². The highest BCUT2D eigenvalue weighted by atomic mass is 16.5. The smallest absolute Gasteiger partial charge is 0.230 e. The van der Waals surface area contributed by atoms with Gasteiger partial charge in [-0.1, -0.05) is 5.16 Å². The summed E-state index contributed by atoms with van der Waals surface area (Å²) >= 11 is 0. The van der Waals surface area contributed by atoms with Crippen molar-refractivity contribution in [3.05, 3.63) is 24.1 Å². The van der Waals surface area contributed by atoms with Crippen LogP contribution in [0.3, 0.4) is 0 Å². The van der Waals surface area contributed by atoms with Crippen LogP contribution in [0, 0.1) is 0 Å². The highest BCUT2D eigenvalue weighted by molar-refractivity contribution is 5.65. The molecule has 1 saturated heterocycles. The molecule has 0 radical (unpaired) electrons. The van der Waals surface area contributed by atoms with Crippen LogP contribution in [0.25, 0.3) is 11.4 Å². The Balaban J connectivity index is 1.49. The summed E-state index contributed by atoms with van der Waals surface area (Å²) in [5.41, 5.74) is 6.47. The van der Waals surface area contributed by atoms with E-state index in [2.05, 4.69) is 10.1 Å². The van der Waals surface area contributed by atoms with Gasteiger partial charge in [0.25, 0.3) is 0 Å². The zero-order valence-electron chi connectivity index (χ0n) is 14.5. The SMILES string of the molecule is COc1ccc(-c2noc(C3CC4(CCC(CN)O4)C3)n2)c(OC)c1. The summed E-state index contributed by atoms with van der Waals surface area (Å²) in [5, 5.41) is 4.13. The van der Waals surface area contributed by atoms with Gasteiger partial charge < -0.3 is 24.5 Å². The highest BCUT2D eigenvalue weighted by Gasteiger charge is 2.52. The number of nitrogens with zero attached hydrogens (tertiary/aromatic N) is 2. The van der Waals surface area contributed by atoms with Crippen LogP contribution in [-0.2, 0) is 4.74 Å². The van der Waals surface area contributed by atoms with Crippen LogP contribution in [0.1, 0.15) is 37.5 Å². The van der Waals surface area contributed by atoms with Gasteiger partial charge in [-0.3, -0.25) is 0 Å². The van der Waals surface area contributed by atoms with Crippen molar-refractivity contribution >= 4 is 0 Å². The molecule has 2 N–H and O–H groups in total. The molecule has 1 spiro atoms. The molecule has 1 atom stereocenters. The summed E-state index contributed by atoms with van der Waals surface area (Å²) in [5.74, 6) is 2.82. The van der Waals surface area contributed by atoms with Crippen LogP contribution in [0.4, 0.5) is 0 Å². The second-order valence-corrected chi connectivity index (χ2v) is 6.82. The summed E-state index contributed by atoms with van der Waals surface area (Å²) in [7, 11) is 3.23. The van der Waals surface area contributed by atoms with Gasteiger partial charge in [0.05, 0.1) is 31.5 Å². The molecular formula is C18H23N3O4. The minimum atomic E-state index is -0.0266. The maximum atomic E-state index is 6.09. The Morgan fingerprint density at radius 3 is 2.80 bits per heavy atom. The van der Waals surface area contributed by atoms with Crippen molar-refractivity contribution in [2.24, 2.45) is 5.73 Å². The molecule has 25 heavy (non-hydrogen) atoms. The lowest BCUT2D eigenvalue weighted by Gasteiger charge is -2.43. The first kappa shape index (κ1) is 16.4. The number of hydrogen-bond donors (Lipinski definition) is 1. The molecule has 0 amide bonds. The predicted molar refractivity (Wildman–Crippen MR) is 90.7 cm³/mol. The van der Waals surface area contributed by atoms with Gasteiger partial charge in [0.2, 0.25) is 11.7 Å². The fraction of sp³-hybridized carbons (Fsp3) is 0.556. The molecule has 1 unspecified atom stereocenters. The van der Waals surface area contributed by atoms with Crippen molar-refractivity contribution in [1.29, 1.82) is 0 Å². The molecule has 2 fully saturated rings. The number of aromatic nitrogens is 2. The van der Waals surface area contributed by atoms with Gasteiger partial charge in [-0.05, 0) is 37.8 Å². The van der Waals surface area contributed by atoms with E-state index in [-0.39, 0.29) is 17.6 Å². The Kier molecular flexibility index (Phi) is 4.13. The van der Waals surface area contributed by atoms with E-state index in [1.807, 2.05) is 18.2 Å². The second-order valence-electron chi connectivity index (χ2n) is 6.82. The number of ether oxygens (including phenoxy) is 3. The largest absolute Gasteiger partial charge is 0.497 e. The van der Waals surface area contributed by atoms with Crippen molar-refractivity contribution in [3.63, 3.8) is 0 Å². The summed E-state index contributed by atoms with van der Waals surface area (Å²) in [6.45, 7) is 0.592. The lowest BCUT2D eigenvalue weighted by Crippen LogP contribution is -2.43. The summed E-state index contributed by atoms with van der Waals surface area (Å²) in [6, 6.07) is 5.54. The Hall–Kier alpha value is -2.12. The van der Waals surface area contributed by atoms with E-state index in [9.17, 15) is 0 Å². The first-order chi connectivity index (χ1) is 12.2. The van der Waals surface area contributed by atoms with Gasteiger partial charge in [-0.2, -0.15) is 4.98 Å². The zero-order chi connectivity index (χ0) is 17.4. The molecule has 7 heteroatoms. The third-order valence-electron chi connectivity index (χ3n) is 5.28. The number of hydrogen-bond acceptors (Lipinski definition) is 7. The molecule has 134 valence electrons. The van der Waals surface area contributed by atoms with E-state index in [4.69, 9.17) is 24.5 Å². The molecule has 7 nitrogen and oxygen atoms in total. The van der Waals surface area contributed by atoms with E-state index in [0.717, 1.165) is 37.0 Å². The minimum Gasteiger partial charge on any atom is -0.497 e. The molecule has 1 aliphatic heterocycles. The lowest BCUT2D eigenvalue weighted by molar-refractivity contribution is -0.103. The van der Waals surface area contributed by atoms with Crippen LogP contribution in [0.5, 0.6) is 11.5 Å². The summed E-state index contributed by atoms with van der Waals surface area (Å²) in [6.07, 6.45) is 4.15. The quantitative estimate of drug-likeness (QED) is 0.890. The normalized spacial score (nSPS) is 28.1. The Bertz CT molecular complexity index is 755. The van der Waals surface area contributed by atoms with Crippen LogP contribution < -0.4 is 15.2 Å². The van der Waals surface area contributed by atoms with Gasteiger partial charge in [-0.25, -0.2) is 0 Å². The molecule has 1 saturated carbocycles. The molecule has 2 heterocycles. The first-order valence-electron chi connectivity index (χ1n) is 8.60. The van der Waals surface area contributed by atoms with E-state index >= 15 is 0 Å². The van der Waals surface area contributed by atoms with Crippen molar-refractivity contribution in [1.82, 2.24) is 10.1 Å². The molecule has 4 rings (SSSR count). The van der Waals surface area contributed by atoms with Crippen LogP contribution in [0.2, 0.25) is 0 Å². The monoisotopic (exact) mass is 345 g/mol. The van der Waals surface area contributed by atoms with Crippen molar-refractivity contribution in [3.8, 4) is 22.9 Å². The number of rotatable bonds is 5. The molecule has 2 aromatic rings. The Labute approximate surface area is 146 Å². The maximum absolute atomic E-state index is 6.09. The number of nitrogens with two attached hydrogens (primary N) is 1. The van der Waals surface area contributed by atoms with Crippen molar-refractivity contribution < 1.29 is 18.7 Å². The molecule has 1 aromatic carbocycles. The van der Waals surface area contributed by atoms with Gasteiger partial charge >= 0.3 is 0 Å². The average molecular weight is 345 g/mol. The van der Waals surface area contributed by atoms with Crippen molar-refractivity contribution in [2.45, 2.75) is 43.3 Å². The van der Waals surface area contributed by atoms with Crippen LogP contribution in [0.15, 0.2) is 22.7 Å². The third-order valence-corrected chi connectivity index (χ3v) is 5.28. The molecule has 1 aromatic heterocycles. The summed E-state index contributed by atoms with van der Waals surface area (Å²) in [4.78, 5) is 4.58. The van der Waals surface area contributed by atoms with Crippen LogP contribution in [-0.4, -0.2) is 42.6 Å². The lowest BCUT2D eigenvalue weighted by atomic mass is 9.69. The molecule has 0 bridgehead atoms. The van der Waals surface area contributed by atoms with Gasteiger partial charge in [0.15, 0.2) is 0 Å². The minimum absolute atomic E-state index is 0.0266. The fourth-order valence-electron chi connectivity index (χ4n) is 3.87. The van der Waals surface area contributed by atoms with Gasteiger partial charge in [0.1, 0.15) is 11.5 Å². The van der Waals surface area contributed by atoms with Gasteiger partial charge in [-0.15, -0.1) is 0 Å². The highest BCUT2D eigenvalue weighted by Crippen LogP contribution is 2.53. The Morgan fingerprint density at radius 1 is 1.28 bits per heavy atom. The maximum Gasteiger partial charge on any atom is 0.230 e. The predicted octanol–water partition coefficient (Wildman–Crippen LogP) is 2.51. The first-order valence-corrected chi connectivity index (χ1v) is 8.60. The molecule has 1 aliphatic carbocycles. The third kappa shape index (κ3) is 2.87. The van der Waals surface area contributed by atoms with E-state index in [0.29, 0.717) is 24.0 Å². The molecular weight excluding hydrogens is 322 g/mol. The second kappa shape index (κ2) is 6.31. The van der Waals surface area contributed by atoms with E-state index in [1.54, 1.807) is 14.2 Å². The van der Waals surface area contributed by atoms with Crippen molar-refractivity contribution in [2.75, 3.05) is 20.8 Å². The van der Waals surface area contributed by atoms with Gasteiger partial charge in [0, 0.05) is 18.5 Å². The average Bonchev–Trinajstić information content (AvgIpc) is 3.26.